The van der Waals surface area contributed by atoms with Crippen molar-refractivity contribution in [1.82, 2.24) is 4.90 Å². The van der Waals surface area contributed by atoms with Crippen LogP contribution in [0.2, 0.25) is 0 Å². The van der Waals surface area contributed by atoms with Crippen molar-refractivity contribution in [3.05, 3.63) is 42.8 Å². The number of carbonyl (C=O) groups is 1. The molecule has 0 aliphatic rings. The van der Waals surface area contributed by atoms with Crippen molar-refractivity contribution in [2.75, 3.05) is 7.05 Å². The van der Waals surface area contributed by atoms with E-state index in [1.807, 2.05) is 37.3 Å². The van der Waals surface area contributed by atoms with Gasteiger partial charge in [0.2, 0.25) is 0 Å². The van der Waals surface area contributed by atoms with Gasteiger partial charge in [-0.1, -0.05) is 48.9 Å². The second-order valence-electron chi connectivity index (χ2n) is 4.24. The van der Waals surface area contributed by atoms with Gasteiger partial charge in [0.1, 0.15) is 0 Å². The first-order valence-corrected chi connectivity index (χ1v) is 6.35. The lowest BCUT2D eigenvalue weighted by Gasteiger charge is -2.38. The van der Waals surface area contributed by atoms with E-state index in [1.165, 1.54) is 4.90 Å². The van der Waals surface area contributed by atoms with E-state index in [-0.39, 0.29) is 0 Å². The summed E-state index contributed by atoms with van der Waals surface area (Å²) in [6.07, 6.45) is 0.206. The van der Waals surface area contributed by atoms with Crippen LogP contribution in [0.3, 0.4) is 0 Å². The number of hydrogen-bond acceptors (Lipinski definition) is 2. The predicted octanol–water partition coefficient (Wildman–Crippen LogP) is 3.78. The first-order chi connectivity index (χ1) is 8.41. The van der Waals surface area contributed by atoms with Crippen LogP contribution in [0.4, 0.5) is 4.79 Å². The third kappa shape index (κ3) is 3.16. The Morgan fingerprint density at radius 3 is 2.50 bits per heavy atom. The van der Waals surface area contributed by atoms with Crippen LogP contribution in [0.15, 0.2) is 30.3 Å². The van der Waals surface area contributed by atoms with E-state index >= 15 is 0 Å². The molecule has 0 aliphatic carbocycles. The van der Waals surface area contributed by atoms with Crippen LogP contribution in [0, 0.1) is 6.92 Å². The molecule has 1 aromatic carbocycles. The van der Waals surface area contributed by atoms with Crippen LogP contribution in [0.25, 0.3) is 0 Å². The molecule has 99 valence electrons. The minimum atomic E-state index is -0.656. The summed E-state index contributed by atoms with van der Waals surface area (Å²) >= 11 is 5.67. The maximum Gasteiger partial charge on any atom is 0.411 e. The number of benzene rings is 1. The van der Waals surface area contributed by atoms with Gasteiger partial charge >= 0.3 is 6.09 Å². The lowest BCUT2D eigenvalue weighted by Crippen LogP contribution is -2.45. The molecule has 0 saturated heterocycles. The van der Waals surface area contributed by atoms with Crippen LogP contribution in [-0.2, 0) is 10.3 Å². The van der Waals surface area contributed by atoms with Gasteiger partial charge in [0.05, 0.1) is 5.54 Å². The quantitative estimate of drug-likeness (QED) is 0.778. The van der Waals surface area contributed by atoms with E-state index in [4.69, 9.17) is 16.3 Å². The Morgan fingerprint density at radius 2 is 2.06 bits per heavy atom. The maximum absolute atomic E-state index is 11.9. The van der Waals surface area contributed by atoms with Gasteiger partial charge in [0, 0.05) is 7.05 Å². The molecule has 3 nitrogen and oxygen atoms in total. The SMILES string of the molecule is [CH2]C(CC)(c1ccccc1)N(C)C(=O)O[C@H](C)Cl. The van der Waals surface area contributed by atoms with Gasteiger partial charge in [-0.15, -0.1) is 0 Å². The summed E-state index contributed by atoms with van der Waals surface area (Å²) in [5.41, 5.74) is -0.338. The number of ether oxygens (including phenoxy) is 1. The molecule has 0 spiro atoms. The summed E-state index contributed by atoms with van der Waals surface area (Å²) in [5.74, 6) is 0. The Morgan fingerprint density at radius 1 is 1.50 bits per heavy atom. The number of carbonyl (C=O) groups excluding carboxylic acids is 1. The molecule has 0 saturated carbocycles. The lowest BCUT2D eigenvalue weighted by molar-refractivity contribution is 0.0705. The molecule has 1 aromatic rings. The molecule has 0 aromatic heterocycles. The normalized spacial score (nSPS) is 15.6. The zero-order chi connectivity index (χ0) is 13.8. The molecular formula is C14H19ClNO2. The summed E-state index contributed by atoms with van der Waals surface area (Å²) in [4.78, 5) is 13.4. The fraction of sp³-hybridized carbons (Fsp3) is 0.429. The second-order valence-corrected chi connectivity index (χ2v) is 4.85. The number of nitrogens with zero attached hydrogens (tertiary/aromatic N) is 1. The Balaban J connectivity index is 2.98. The molecule has 0 bridgehead atoms. The zero-order valence-corrected chi connectivity index (χ0v) is 11.8. The molecule has 0 fully saturated rings. The minimum Gasteiger partial charge on any atom is -0.430 e. The van der Waals surface area contributed by atoms with E-state index in [2.05, 4.69) is 6.92 Å². The van der Waals surface area contributed by atoms with E-state index in [9.17, 15) is 4.79 Å². The van der Waals surface area contributed by atoms with Crippen LogP contribution >= 0.6 is 11.6 Å². The molecule has 0 heterocycles. The monoisotopic (exact) mass is 268 g/mol. The van der Waals surface area contributed by atoms with E-state index in [1.54, 1.807) is 14.0 Å². The van der Waals surface area contributed by atoms with E-state index in [0.717, 1.165) is 5.56 Å². The number of amides is 1. The van der Waals surface area contributed by atoms with Gasteiger partial charge in [-0.3, -0.25) is 0 Å². The van der Waals surface area contributed by atoms with Gasteiger partial charge in [-0.2, -0.15) is 0 Å². The number of rotatable bonds is 4. The van der Waals surface area contributed by atoms with Gasteiger partial charge in [-0.05, 0) is 25.8 Å². The average molecular weight is 269 g/mol. The summed E-state index contributed by atoms with van der Waals surface area (Å²) < 4.78 is 4.99. The van der Waals surface area contributed by atoms with Crippen molar-refractivity contribution in [1.29, 1.82) is 0 Å². The summed E-state index contributed by atoms with van der Waals surface area (Å²) in [7, 11) is 1.67. The smallest absolute Gasteiger partial charge is 0.411 e. The van der Waals surface area contributed by atoms with Crippen molar-refractivity contribution >= 4 is 17.7 Å². The second kappa shape index (κ2) is 6.10. The molecule has 1 radical (unpaired) electrons. The molecule has 1 rings (SSSR count). The predicted molar refractivity (Wildman–Crippen MR) is 73.3 cm³/mol. The fourth-order valence-corrected chi connectivity index (χ4v) is 1.85. The standard InChI is InChI=1S/C14H19ClNO2/c1-5-14(3,12-9-7-6-8-10-12)16(4)13(17)18-11(2)15/h6-11H,3,5H2,1-2,4H3/t11-,14?/m1/s1. The van der Waals surface area contributed by atoms with Crippen LogP contribution in [0.1, 0.15) is 25.8 Å². The molecule has 18 heavy (non-hydrogen) atoms. The Hall–Kier alpha value is -1.22. The topological polar surface area (TPSA) is 29.5 Å². The molecule has 0 N–H and O–H groups in total. The van der Waals surface area contributed by atoms with Crippen molar-refractivity contribution < 1.29 is 9.53 Å². The fourth-order valence-electron chi connectivity index (χ4n) is 1.78. The summed E-state index contributed by atoms with van der Waals surface area (Å²) in [5, 5.41) is 0. The first kappa shape index (κ1) is 14.8. The molecule has 1 amide bonds. The molecule has 2 atom stereocenters. The third-order valence-electron chi connectivity index (χ3n) is 3.08. The van der Waals surface area contributed by atoms with Crippen molar-refractivity contribution in [3.8, 4) is 0 Å². The average Bonchev–Trinajstić information content (AvgIpc) is 2.37. The Labute approximate surface area is 114 Å². The summed E-state index contributed by atoms with van der Waals surface area (Å²) in [6, 6.07) is 9.68. The highest BCUT2D eigenvalue weighted by molar-refractivity contribution is 6.19. The summed E-state index contributed by atoms with van der Waals surface area (Å²) in [6.45, 7) is 7.75. The lowest BCUT2D eigenvalue weighted by atomic mass is 9.88. The first-order valence-electron chi connectivity index (χ1n) is 5.91. The van der Waals surface area contributed by atoms with E-state index in [0.29, 0.717) is 6.42 Å². The van der Waals surface area contributed by atoms with Crippen LogP contribution in [0.5, 0.6) is 0 Å². The van der Waals surface area contributed by atoms with Gasteiger partial charge in [-0.25, -0.2) is 4.79 Å². The number of hydrogen-bond donors (Lipinski definition) is 0. The largest absolute Gasteiger partial charge is 0.430 e. The molecular weight excluding hydrogens is 250 g/mol. The van der Waals surface area contributed by atoms with Crippen molar-refractivity contribution in [2.45, 2.75) is 31.4 Å². The Kier molecular flexibility index (Phi) is 5.03. The molecule has 4 heteroatoms. The number of alkyl halides is 1. The Bertz CT molecular complexity index is 394. The van der Waals surface area contributed by atoms with Crippen LogP contribution < -0.4 is 0 Å². The third-order valence-corrected chi connectivity index (χ3v) is 3.16. The minimum absolute atomic E-state index is 0.474. The maximum atomic E-state index is 11.9. The van der Waals surface area contributed by atoms with E-state index < -0.39 is 17.2 Å². The zero-order valence-electron chi connectivity index (χ0n) is 11.0. The van der Waals surface area contributed by atoms with Crippen molar-refractivity contribution in [2.24, 2.45) is 0 Å². The van der Waals surface area contributed by atoms with Gasteiger partial charge in [0.25, 0.3) is 0 Å². The van der Waals surface area contributed by atoms with Gasteiger partial charge < -0.3 is 9.64 Å². The van der Waals surface area contributed by atoms with Gasteiger partial charge in [0.15, 0.2) is 5.56 Å². The molecule has 0 aliphatic heterocycles. The highest BCUT2D eigenvalue weighted by Gasteiger charge is 2.34. The highest BCUT2D eigenvalue weighted by atomic mass is 35.5. The number of halogens is 1. The highest BCUT2D eigenvalue weighted by Crippen LogP contribution is 2.30. The molecule has 1 unspecified atom stereocenters. The van der Waals surface area contributed by atoms with Crippen molar-refractivity contribution in [3.63, 3.8) is 0 Å². The van der Waals surface area contributed by atoms with Crippen LogP contribution in [-0.4, -0.2) is 23.6 Å².